The van der Waals surface area contributed by atoms with Gasteiger partial charge in [-0.25, -0.2) is 4.79 Å². The molecular formula is C36H43N3O7. The number of phenolic OH excluding ortho intramolecular Hbond substituents is 1. The summed E-state index contributed by atoms with van der Waals surface area (Å²) in [7, 11) is 2.00. The number of nitrogens with zero attached hydrogens (tertiary/aromatic N) is 1. The number of hydrogen-bond acceptors (Lipinski definition) is 9. The first kappa shape index (κ1) is 33.2. The van der Waals surface area contributed by atoms with E-state index >= 15 is 0 Å². The molecule has 5 N–H and O–H groups in total. The number of nitrogens with one attached hydrogen (secondary N) is 2. The van der Waals surface area contributed by atoms with E-state index in [0.717, 1.165) is 38.6 Å². The fraction of sp³-hybridized carbons (Fsp3) is 0.389. The fourth-order valence-electron chi connectivity index (χ4n) is 5.96. The van der Waals surface area contributed by atoms with Crippen molar-refractivity contribution >= 4 is 16.9 Å². The van der Waals surface area contributed by atoms with Crippen LogP contribution in [-0.4, -0.2) is 77.1 Å². The van der Waals surface area contributed by atoms with E-state index in [1.54, 1.807) is 54.6 Å². The third-order valence-electron chi connectivity index (χ3n) is 8.46. The number of aliphatic hydroxyl groups is 2. The van der Waals surface area contributed by atoms with E-state index in [4.69, 9.17) is 9.47 Å². The number of H-pyrrole nitrogens is 1. The maximum atomic E-state index is 13.6. The maximum absolute atomic E-state index is 13.6. The molecule has 0 bridgehead atoms. The number of rotatable bonds is 14. The van der Waals surface area contributed by atoms with Crippen molar-refractivity contribution in [1.29, 1.82) is 0 Å². The van der Waals surface area contributed by atoms with Crippen LogP contribution in [0.1, 0.15) is 54.9 Å². The minimum absolute atomic E-state index is 0.0391. The van der Waals surface area contributed by atoms with E-state index in [2.05, 4.69) is 15.2 Å². The number of unbranched alkanes of at least 4 members (excludes halogenated alkanes) is 2. The zero-order valence-electron chi connectivity index (χ0n) is 26.2. The van der Waals surface area contributed by atoms with E-state index in [-0.39, 0.29) is 17.4 Å². The van der Waals surface area contributed by atoms with Crippen molar-refractivity contribution in [3.63, 3.8) is 0 Å². The van der Waals surface area contributed by atoms with E-state index in [1.807, 2.05) is 19.2 Å². The number of ether oxygens (including phenoxy) is 2. The third-order valence-corrected chi connectivity index (χ3v) is 8.46. The number of likely N-dealkylation sites (N-methyl/N-ethyl adjacent to an activating group) is 1. The van der Waals surface area contributed by atoms with Gasteiger partial charge in [-0.1, -0.05) is 48.5 Å². The number of esters is 1. The standard InChI is InChI=1S/C36H43N3O7/c1-39-20-9-14-28(24-39)46-35(43)36(44,25-10-4-2-5-11-25)26-12-8-13-27(22-26)45-21-7-3-6-19-37-23-32(41)29-15-17-31(40)34-30(29)16-18-33(42)38-34/h2,4-5,8,10-13,15-18,22,28,32,37,40-41,44H,3,6-7,9,14,19-21,23-24H2,1H3,(H,38,42). The molecule has 0 saturated carbocycles. The van der Waals surface area contributed by atoms with Crippen LogP contribution in [0.25, 0.3) is 10.9 Å². The van der Waals surface area contributed by atoms with Gasteiger partial charge in [-0.05, 0) is 87.6 Å². The van der Waals surface area contributed by atoms with Crippen LogP contribution in [0.15, 0.2) is 83.7 Å². The molecule has 46 heavy (non-hydrogen) atoms. The number of carbonyl (C=O) groups excluding carboxylic acids is 1. The van der Waals surface area contributed by atoms with Crippen LogP contribution in [0.4, 0.5) is 0 Å². The number of aromatic amines is 1. The number of aromatic hydroxyl groups is 1. The van der Waals surface area contributed by atoms with Gasteiger partial charge in [0.25, 0.3) is 0 Å². The predicted octanol–water partition coefficient (Wildman–Crippen LogP) is 3.98. The van der Waals surface area contributed by atoms with Crippen LogP contribution in [0.5, 0.6) is 11.5 Å². The lowest BCUT2D eigenvalue weighted by Crippen LogP contribution is -2.44. The summed E-state index contributed by atoms with van der Waals surface area (Å²) < 4.78 is 11.9. The Kier molecular flexibility index (Phi) is 11.1. The Morgan fingerprint density at radius 3 is 2.65 bits per heavy atom. The van der Waals surface area contributed by atoms with Crippen molar-refractivity contribution in [2.45, 2.75) is 49.9 Å². The molecule has 1 saturated heterocycles. The summed E-state index contributed by atoms with van der Waals surface area (Å²) in [6, 6.07) is 22.0. The van der Waals surface area contributed by atoms with Crippen LogP contribution >= 0.6 is 0 Å². The summed E-state index contributed by atoms with van der Waals surface area (Å²) in [4.78, 5) is 30.0. The highest BCUT2D eigenvalue weighted by molar-refractivity contribution is 5.87. The fourth-order valence-corrected chi connectivity index (χ4v) is 5.96. The van der Waals surface area contributed by atoms with Crippen LogP contribution in [0.3, 0.4) is 0 Å². The summed E-state index contributed by atoms with van der Waals surface area (Å²) >= 11 is 0. The molecule has 3 atom stereocenters. The molecule has 1 aromatic heterocycles. The van der Waals surface area contributed by atoms with Gasteiger partial charge in [-0.2, -0.15) is 0 Å². The molecular weight excluding hydrogens is 586 g/mol. The number of aliphatic hydroxyl groups excluding tert-OH is 1. The van der Waals surface area contributed by atoms with Gasteiger partial charge in [-0.15, -0.1) is 0 Å². The van der Waals surface area contributed by atoms with Gasteiger partial charge in [0.1, 0.15) is 17.6 Å². The second-order valence-corrected chi connectivity index (χ2v) is 12.0. The van der Waals surface area contributed by atoms with E-state index in [1.165, 1.54) is 12.1 Å². The Morgan fingerprint density at radius 2 is 1.85 bits per heavy atom. The number of hydrogen-bond donors (Lipinski definition) is 5. The first-order valence-corrected chi connectivity index (χ1v) is 15.9. The number of carbonyl (C=O) groups is 1. The molecule has 0 radical (unpaired) electrons. The molecule has 0 spiro atoms. The quantitative estimate of drug-likeness (QED) is 0.103. The smallest absolute Gasteiger partial charge is 0.348 e. The van der Waals surface area contributed by atoms with Crippen LogP contribution in [-0.2, 0) is 15.1 Å². The van der Waals surface area contributed by atoms with Gasteiger partial charge in [0.05, 0.1) is 18.2 Å². The average Bonchev–Trinajstić information content (AvgIpc) is 3.06. The van der Waals surface area contributed by atoms with Crippen molar-refractivity contribution in [2.75, 3.05) is 39.8 Å². The SMILES string of the molecule is CN1CCCC(OC(=O)C(O)(c2ccccc2)c2cccc(OCCCCCNCC(O)c3ccc(O)c4[nH]c(=O)ccc34)c2)C1. The van der Waals surface area contributed by atoms with Crippen LogP contribution in [0.2, 0.25) is 0 Å². The van der Waals surface area contributed by atoms with Gasteiger partial charge in [0.15, 0.2) is 0 Å². The molecule has 1 aliphatic rings. The lowest BCUT2D eigenvalue weighted by atomic mass is 9.86. The van der Waals surface area contributed by atoms with Crippen molar-refractivity contribution in [3.05, 3.63) is 106 Å². The first-order chi connectivity index (χ1) is 22.3. The van der Waals surface area contributed by atoms with Crippen molar-refractivity contribution in [2.24, 2.45) is 0 Å². The monoisotopic (exact) mass is 629 g/mol. The van der Waals surface area contributed by atoms with Gasteiger partial charge >= 0.3 is 5.97 Å². The molecule has 3 unspecified atom stereocenters. The molecule has 3 aromatic carbocycles. The Bertz CT molecular complexity index is 1660. The second kappa shape index (κ2) is 15.4. The topological polar surface area (TPSA) is 144 Å². The number of benzene rings is 3. The Labute approximate surface area is 268 Å². The zero-order valence-corrected chi connectivity index (χ0v) is 26.2. The summed E-state index contributed by atoms with van der Waals surface area (Å²) in [5, 5.41) is 36.6. The summed E-state index contributed by atoms with van der Waals surface area (Å²) in [5.41, 5.74) is -0.529. The number of pyridine rings is 1. The molecule has 244 valence electrons. The molecule has 4 aromatic rings. The van der Waals surface area contributed by atoms with Crippen molar-refractivity contribution < 1.29 is 29.6 Å². The van der Waals surface area contributed by atoms with Gasteiger partial charge in [-0.3, -0.25) is 4.79 Å². The largest absolute Gasteiger partial charge is 0.506 e. The third kappa shape index (κ3) is 7.94. The molecule has 0 amide bonds. The molecule has 1 fully saturated rings. The van der Waals surface area contributed by atoms with E-state index in [9.17, 15) is 24.9 Å². The van der Waals surface area contributed by atoms with Crippen LogP contribution in [0, 0.1) is 0 Å². The van der Waals surface area contributed by atoms with E-state index in [0.29, 0.717) is 59.6 Å². The van der Waals surface area contributed by atoms with Gasteiger partial charge < -0.3 is 40.0 Å². The van der Waals surface area contributed by atoms with Crippen molar-refractivity contribution in [3.8, 4) is 11.5 Å². The van der Waals surface area contributed by atoms with Crippen molar-refractivity contribution in [1.82, 2.24) is 15.2 Å². The Morgan fingerprint density at radius 1 is 1.04 bits per heavy atom. The number of aromatic nitrogens is 1. The summed E-state index contributed by atoms with van der Waals surface area (Å²) in [6.07, 6.45) is 3.17. The normalized spacial score (nSPS) is 17.3. The Hall–Kier alpha value is -4.22. The second-order valence-electron chi connectivity index (χ2n) is 12.0. The highest BCUT2D eigenvalue weighted by Gasteiger charge is 2.43. The minimum atomic E-state index is -1.98. The first-order valence-electron chi connectivity index (χ1n) is 15.9. The van der Waals surface area contributed by atoms with Gasteiger partial charge in [0, 0.05) is 30.1 Å². The molecule has 10 nitrogen and oxygen atoms in total. The predicted molar refractivity (Wildman–Crippen MR) is 176 cm³/mol. The summed E-state index contributed by atoms with van der Waals surface area (Å²) in [5.74, 6) is -0.175. The highest BCUT2D eigenvalue weighted by atomic mass is 16.6. The lowest BCUT2D eigenvalue weighted by Gasteiger charge is -2.33. The maximum Gasteiger partial charge on any atom is 0.348 e. The number of fused-ring (bicyclic) bond motifs is 1. The number of likely N-dealkylation sites (tertiary alicyclic amines) is 1. The Balaban J connectivity index is 1.11. The lowest BCUT2D eigenvalue weighted by molar-refractivity contribution is -0.170. The molecule has 5 rings (SSSR count). The molecule has 10 heteroatoms. The minimum Gasteiger partial charge on any atom is -0.506 e. The molecule has 0 aliphatic carbocycles. The van der Waals surface area contributed by atoms with E-state index < -0.39 is 17.7 Å². The average molecular weight is 630 g/mol. The highest BCUT2D eigenvalue weighted by Crippen LogP contribution is 2.34. The number of piperidine rings is 1. The summed E-state index contributed by atoms with van der Waals surface area (Å²) in [6.45, 7) is 3.08. The molecule has 2 heterocycles. The number of phenols is 1. The van der Waals surface area contributed by atoms with Gasteiger partial charge in [0.2, 0.25) is 11.2 Å². The zero-order chi connectivity index (χ0) is 32.5. The van der Waals surface area contributed by atoms with Crippen LogP contribution < -0.4 is 15.6 Å². The molecule has 1 aliphatic heterocycles.